The Kier molecular flexibility index (Phi) is 4.64. The zero-order valence-corrected chi connectivity index (χ0v) is 12.5. The number of nitro groups is 1. The fourth-order valence-electron chi connectivity index (χ4n) is 2.27. The second-order valence-electron chi connectivity index (χ2n) is 4.40. The monoisotopic (exact) mass is 330 g/mol. The molecule has 2 atom stereocenters. The molecule has 1 aliphatic heterocycles. The van der Waals surface area contributed by atoms with Crippen molar-refractivity contribution in [1.82, 2.24) is 5.32 Å². The Morgan fingerprint density at radius 2 is 2.33 bits per heavy atom. The van der Waals surface area contributed by atoms with Gasteiger partial charge in [-0.25, -0.2) is 0 Å². The molecule has 0 saturated carbocycles. The Hall–Kier alpha value is -0.590. The lowest BCUT2D eigenvalue weighted by atomic mass is 9.95. The first-order chi connectivity index (χ1) is 8.63. The van der Waals surface area contributed by atoms with Crippen molar-refractivity contribution in [2.24, 2.45) is 5.92 Å². The highest BCUT2D eigenvalue weighted by Crippen LogP contribution is 2.33. The van der Waals surface area contributed by atoms with Crippen LogP contribution in [0.4, 0.5) is 5.69 Å². The average molecular weight is 331 g/mol. The van der Waals surface area contributed by atoms with Gasteiger partial charge in [-0.2, -0.15) is 11.8 Å². The largest absolute Gasteiger partial charge is 0.316 e. The Labute approximate surface area is 119 Å². The van der Waals surface area contributed by atoms with Gasteiger partial charge < -0.3 is 5.32 Å². The van der Waals surface area contributed by atoms with Crippen LogP contribution in [0.1, 0.15) is 5.56 Å². The summed E-state index contributed by atoms with van der Waals surface area (Å²) in [5.41, 5.74) is 1.18. The highest BCUT2D eigenvalue weighted by molar-refractivity contribution is 9.10. The summed E-state index contributed by atoms with van der Waals surface area (Å²) < 4.78 is 0.627. The van der Waals surface area contributed by atoms with E-state index in [1.54, 1.807) is 6.07 Å². The first-order valence-corrected chi connectivity index (χ1v) is 7.75. The van der Waals surface area contributed by atoms with Crippen LogP contribution in [0.5, 0.6) is 0 Å². The molecule has 1 aromatic carbocycles. The topological polar surface area (TPSA) is 55.2 Å². The molecule has 18 heavy (non-hydrogen) atoms. The predicted octanol–water partition coefficient (Wildman–Crippen LogP) is 2.85. The van der Waals surface area contributed by atoms with Crippen molar-refractivity contribution in [3.05, 3.63) is 38.3 Å². The average Bonchev–Trinajstić information content (AvgIpc) is 2.78. The summed E-state index contributed by atoms with van der Waals surface area (Å²) in [5, 5.41) is 14.2. The predicted molar refractivity (Wildman–Crippen MR) is 78.2 cm³/mol. The second kappa shape index (κ2) is 6.04. The van der Waals surface area contributed by atoms with E-state index < -0.39 is 0 Å². The molecular formula is C12H15BrN2O2S. The molecule has 6 heteroatoms. The highest BCUT2D eigenvalue weighted by Gasteiger charge is 2.28. The van der Waals surface area contributed by atoms with E-state index in [1.807, 2.05) is 24.9 Å². The summed E-state index contributed by atoms with van der Waals surface area (Å²) >= 11 is 5.30. The van der Waals surface area contributed by atoms with Crippen LogP contribution in [0.2, 0.25) is 0 Å². The van der Waals surface area contributed by atoms with Gasteiger partial charge in [0.15, 0.2) is 0 Å². The lowest BCUT2D eigenvalue weighted by molar-refractivity contribution is -0.385. The minimum Gasteiger partial charge on any atom is -0.316 e. The fraction of sp³-hybridized carbons (Fsp3) is 0.500. The van der Waals surface area contributed by atoms with E-state index in [9.17, 15) is 10.1 Å². The molecule has 4 nitrogen and oxygen atoms in total. The van der Waals surface area contributed by atoms with E-state index in [0.29, 0.717) is 16.4 Å². The minimum atomic E-state index is -0.341. The van der Waals surface area contributed by atoms with Gasteiger partial charge in [-0.15, -0.1) is 0 Å². The van der Waals surface area contributed by atoms with Gasteiger partial charge in [0, 0.05) is 17.9 Å². The van der Waals surface area contributed by atoms with Crippen molar-refractivity contribution >= 4 is 33.4 Å². The van der Waals surface area contributed by atoms with Gasteiger partial charge in [0.1, 0.15) is 0 Å². The molecule has 0 aromatic heterocycles. The third-order valence-electron chi connectivity index (χ3n) is 3.31. The SMILES string of the molecule is CNC1CSCC1Cc1cccc([N+](=O)[O-])c1Br. The highest BCUT2D eigenvalue weighted by atomic mass is 79.9. The lowest BCUT2D eigenvalue weighted by Gasteiger charge is -2.18. The summed E-state index contributed by atoms with van der Waals surface area (Å²) in [6.07, 6.45) is 0.876. The molecule has 1 N–H and O–H groups in total. The van der Waals surface area contributed by atoms with Crippen LogP contribution in [-0.2, 0) is 6.42 Å². The number of nitro benzene ring substituents is 1. The molecule has 0 aliphatic carbocycles. The number of nitrogens with one attached hydrogen (secondary N) is 1. The van der Waals surface area contributed by atoms with Gasteiger partial charge in [-0.3, -0.25) is 10.1 Å². The summed E-state index contributed by atoms with van der Waals surface area (Å²) in [4.78, 5) is 10.6. The van der Waals surface area contributed by atoms with Crippen LogP contribution in [-0.4, -0.2) is 29.5 Å². The number of hydrogen-bond donors (Lipinski definition) is 1. The molecule has 0 spiro atoms. The molecule has 0 radical (unpaired) electrons. The fourth-order valence-corrected chi connectivity index (χ4v) is 4.32. The third kappa shape index (κ3) is 2.87. The van der Waals surface area contributed by atoms with Crippen molar-refractivity contribution in [2.45, 2.75) is 12.5 Å². The van der Waals surface area contributed by atoms with E-state index in [2.05, 4.69) is 21.2 Å². The quantitative estimate of drug-likeness (QED) is 0.681. The zero-order chi connectivity index (χ0) is 13.1. The normalized spacial score (nSPS) is 23.2. The molecule has 0 amide bonds. The maximum absolute atomic E-state index is 10.9. The van der Waals surface area contributed by atoms with E-state index in [0.717, 1.165) is 23.5 Å². The van der Waals surface area contributed by atoms with Crippen LogP contribution in [0.15, 0.2) is 22.7 Å². The van der Waals surface area contributed by atoms with Gasteiger partial charge >= 0.3 is 0 Å². The molecule has 1 aliphatic rings. The molecule has 98 valence electrons. The number of hydrogen-bond acceptors (Lipinski definition) is 4. The van der Waals surface area contributed by atoms with E-state index in [1.165, 1.54) is 6.07 Å². The van der Waals surface area contributed by atoms with Gasteiger partial charge in [0.2, 0.25) is 0 Å². The maximum Gasteiger partial charge on any atom is 0.283 e. The first-order valence-electron chi connectivity index (χ1n) is 5.80. The van der Waals surface area contributed by atoms with Crippen LogP contribution in [0.3, 0.4) is 0 Å². The number of halogens is 1. The van der Waals surface area contributed by atoms with Crippen molar-refractivity contribution < 1.29 is 4.92 Å². The molecule has 1 aromatic rings. The second-order valence-corrected chi connectivity index (χ2v) is 6.27. The Morgan fingerprint density at radius 1 is 1.56 bits per heavy atom. The lowest BCUT2D eigenvalue weighted by Crippen LogP contribution is -2.33. The Morgan fingerprint density at radius 3 is 3.00 bits per heavy atom. The molecule has 2 rings (SSSR count). The molecule has 1 heterocycles. The standard InChI is InChI=1S/C12H15BrN2O2S/c1-14-10-7-18-6-9(10)5-8-3-2-4-11(12(8)13)15(16)17/h2-4,9-10,14H,5-7H2,1H3. The molecular weight excluding hydrogens is 316 g/mol. The van der Waals surface area contributed by atoms with E-state index in [-0.39, 0.29) is 10.6 Å². The number of benzene rings is 1. The summed E-state index contributed by atoms with van der Waals surface area (Å²) in [7, 11) is 1.98. The smallest absolute Gasteiger partial charge is 0.283 e. The zero-order valence-electron chi connectivity index (χ0n) is 10.1. The number of nitrogens with zero attached hydrogens (tertiary/aromatic N) is 1. The third-order valence-corrected chi connectivity index (χ3v) is 5.48. The minimum absolute atomic E-state index is 0.152. The Bertz CT molecular complexity index is 456. The molecule has 0 bridgehead atoms. The van der Waals surface area contributed by atoms with Crippen LogP contribution in [0, 0.1) is 16.0 Å². The molecule has 2 unspecified atom stereocenters. The number of rotatable bonds is 4. The van der Waals surface area contributed by atoms with Crippen molar-refractivity contribution in [3.63, 3.8) is 0 Å². The maximum atomic E-state index is 10.9. The van der Waals surface area contributed by atoms with Crippen LogP contribution >= 0.6 is 27.7 Å². The summed E-state index contributed by atoms with van der Waals surface area (Å²) in [5.74, 6) is 2.77. The van der Waals surface area contributed by atoms with Gasteiger partial charge in [-0.05, 0) is 46.6 Å². The van der Waals surface area contributed by atoms with Crippen LogP contribution < -0.4 is 5.32 Å². The molecule has 1 saturated heterocycles. The van der Waals surface area contributed by atoms with Crippen molar-refractivity contribution in [3.8, 4) is 0 Å². The van der Waals surface area contributed by atoms with Gasteiger partial charge in [0.05, 0.1) is 9.40 Å². The van der Waals surface area contributed by atoms with E-state index >= 15 is 0 Å². The van der Waals surface area contributed by atoms with Gasteiger partial charge in [0.25, 0.3) is 5.69 Å². The molecule has 1 fully saturated rings. The van der Waals surface area contributed by atoms with Crippen molar-refractivity contribution in [1.29, 1.82) is 0 Å². The Balaban J connectivity index is 2.19. The summed E-state index contributed by atoms with van der Waals surface area (Å²) in [6.45, 7) is 0. The van der Waals surface area contributed by atoms with Crippen LogP contribution in [0.25, 0.3) is 0 Å². The van der Waals surface area contributed by atoms with E-state index in [4.69, 9.17) is 0 Å². The van der Waals surface area contributed by atoms with Gasteiger partial charge in [-0.1, -0.05) is 12.1 Å². The summed E-state index contributed by atoms with van der Waals surface area (Å²) in [6, 6.07) is 5.76. The number of thioether (sulfide) groups is 1. The van der Waals surface area contributed by atoms with Crippen molar-refractivity contribution in [2.75, 3.05) is 18.6 Å². The first kappa shape index (κ1) is 13.8.